The van der Waals surface area contributed by atoms with Crippen molar-refractivity contribution < 1.29 is 23.9 Å². The first-order chi connectivity index (χ1) is 17.7. The highest BCUT2D eigenvalue weighted by molar-refractivity contribution is 9.10. The van der Waals surface area contributed by atoms with E-state index in [1.807, 2.05) is 48.5 Å². The molecule has 0 unspecified atom stereocenters. The molecule has 9 heteroatoms. The maximum atomic E-state index is 13.7. The van der Waals surface area contributed by atoms with Crippen LogP contribution in [0.1, 0.15) is 32.6 Å². The molecule has 0 spiro atoms. The molecule has 1 heterocycles. The maximum absolute atomic E-state index is 13.7. The summed E-state index contributed by atoms with van der Waals surface area (Å²) in [6, 6.07) is 21.2. The second-order valence-electron chi connectivity index (χ2n) is 9.32. The minimum Gasteiger partial charge on any atom is -0.456 e. The molecular formula is C28H18BrCl2NO5. The average molecular weight is 599 g/mol. The number of esters is 1. The molecule has 2 atom stereocenters. The standard InChI is InChI=1S/C28H18BrCl2NO5/c29-16-11-9-15(10-12-16)21(33)14-37-22(34)13-32-25(35)23-24(26(32)36)28(31)18-6-2-1-5-17(18)27(23,30)19-7-3-4-8-20(19)28/h1-12,23-24H,13-14H2/t23-,24+,27?,28?. The Morgan fingerprint density at radius 3 is 1.65 bits per heavy atom. The van der Waals surface area contributed by atoms with Crippen LogP contribution in [0, 0.1) is 11.8 Å². The Labute approximate surface area is 230 Å². The van der Waals surface area contributed by atoms with E-state index in [0.29, 0.717) is 27.8 Å². The van der Waals surface area contributed by atoms with Crippen molar-refractivity contribution in [1.82, 2.24) is 4.90 Å². The third-order valence-corrected chi connectivity index (χ3v) is 9.31. The molecule has 1 fully saturated rings. The zero-order valence-corrected chi connectivity index (χ0v) is 22.2. The van der Waals surface area contributed by atoms with E-state index in [0.717, 1.165) is 9.37 Å². The Balaban J connectivity index is 1.30. The first kappa shape index (κ1) is 24.3. The van der Waals surface area contributed by atoms with E-state index in [9.17, 15) is 19.2 Å². The van der Waals surface area contributed by atoms with Gasteiger partial charge in [-0.25, -0.2) is 0 Å². The molecule has 0 N–H and O–H groups in total. The van der Waals surface area contributed by atoms with Gasteiger partial charge in [-0.1, -0.05) is 76.6 Å². The zero-order chi connectivity index (χ0) is 26.1. The lowest BCUT2D eigenvalue weighted by atomic mass is 9.54. The number of nitrogens with zero attached hydrogens (tertiary/aromatic N) is 1. The van der Waals surface area contributed by atoms with Crippen molar-refractivity contribution in [3.63, 3.8) is 0 Å². The minimum absolute atomic E-state index is 0.371. The van der Waals surface area contributed by atoms with Crippen LogP contribution in [0.3, 0.4) is 0 Å². The summed E-state index contributed by atoms with van der Waals surface area (Å²) >= 11 is 18.0. The van der Waals surface area contributed by atoms with Crippen molar-refractivity contribution in [2.75, 3.05) is 13.2 Å². The van der Waals surface area contributed by atoms with Crippen LogP contribution in [0.5, 0.6) is 0 Å². The first-order valence-corrected chi connectivity index (χ1v) is 13.1. The molecule has 2 bridgehead atoms. The third-order valence-electron chi connectivity index (χ3n) is 7.49. The Morgan fingerprint density at radius 2 is 1.22 bits per heavy atom. The number of carbonyl (C=O) groups excluding carboxylic acids is 4. The number of halogens is 3. The number of rotatable bonds is 5. The Kier molecular flexibility index (Phi) is 5.60. The SMILES string of the molecule is O=C(CN1C(=O)[C@@H]2[C@H](C1=O)C1(Cl)c3ccccc3C2(Cl)c2ccccc21)OCC(=O)c1ccc(Br)cc1. The van der Waals surface area contributed by atoms with E-state index in [1.54, 1.807) is 24.3 Å². The molecule has 2 amide bonds. The van der Waals surface area contributed by atoms with Crippen molar-refractivity contribution in [2.24, 2.45) is 11.8 Å². The van der Waals surface area contributed by atoms with Gasteiger partial charge in [-0.05, 0) is 34.4 Å². The second kappa shape index (κ2) is 8.51. The number of amides is 2. The predicted octanol–water partition coefficient (Wildman–Crippen LogP) is 4.77. The van der Waals surface area contributed by atoms with Crippen molar-refractivity contribution in [3.8, 4) is 0 Å². The molecule has 1 saturated heterocycles. The Bertz CT molecular complexity index is 1380. The van der Waals surface area contributed by atoms with Gasteiger partial charge in [0.1, 0.15) is 16.3 Å². The van der Waals surface area contributed by atoms with Crippen molar-refractivity contribution >= 4 is 62.7 Å². The molecule has 0 saturated carbocycles. The molecule has 3 aromatic carbocycles. The topological polar surface area (TPSA) is 80.8 Å². The average Bonchev–Trinajstić information content (AvgIpc) is 3.16. The Hall–Kier alpha value is -3.00. The largest absolute Gasteiger partial charge is 0.456 e. The molecule has 0 aromatic heterocycles. The number of ketones is 1. The molecule has 186 valence electrons. The molecule has 6 nitrogen and oxygen atoms in total. The van der Waals surface area contributed by atoms with Gasteiger partial charge < -0.3 is 4.74 Å². The van der Waals surface area contributed by atoms with Gasteiger partial charge in [-0.3, -0.25) is 24.1 Å². The van der Waals surface area contributed by atoms with Gasteiger partial charge >= 0.3 is 5.97 Å². The number of hydrogen-bond acceptors (Lipinski definition) is 5. The lowest BCUT2D eigenvalue weighted by Crippen LogP contribution is -2.57. The minimum atomic E-state index is -1.32. The molecular weight excluding hydrogens is 581 g/mol. The fourth-order valence-corrected chi connectivity index (χ4v) is 7.28. The summed E-state index contributed by atoms with van der Waals surface area (Å²) in [7, 11) is 0. The Morgan fingerprint density at radius 1 is 0.784 bits per heavy atom. The van der Waals surface area contributed by atoms with E-state index in [1.165, 1.54) is 0 Å². The summed E-state index contributed by atoms with van der Waals surface area (Å²) in [6.45, 7) is -1.15. The van der Waals surface area contributed by atoms with Gasteiger partial charge in [-0.15, -0.1) is 23.2 Å². The molecule has 3 aliphatic carbocycles. The monoisotopic (exact) mass is 597 g/mol. The highest BCUT2D eigenvalue weighted by atomic mass is 79.9. The molecule has 0 radical (unpaired) electrons. The van der Waals surface area contributed by atoms with Crippen LogP contribution in [-0.4, -0.2) is 41.6 Å². The smallest absolute Gasteiger partial charge is 0.326 e. The van der Waals surface area contributed by atoms with Crippen LogP contribution < -0.4 is 0 Å². The molecule has 3 aromatic rings. The quantitative estimate of drug-likeness (QED) is 0.183. The summed E-state index contributed by atoms with van der Waals surface area (Å²) in [5, 5.41) is 0. The lowest BCUT2D eigenvalue weighted by Gasteiger charge is -2.54. The van der Waals surface area contributed by atoms with E-state index >= 15 is 0 Å². The highest BCUT2D eigenvalue weighted by Crippen LogP contribution is 2.69. The second-order valence-corrected chi connectivity index (χ2v) is 11.4. The number of hydrogen-bond donors (Lipinski definition) is 0. The number of ether oxygens (including phenoxy) is 1. The van der Waals surface area contributed by atoms with Crippen LogP contribution in [0.2, 0.25) is 0 Å². The fraction of sp³-hybridized carbons (Fsp3) is 0.214. The van der Waals surface area contributed by atoms with Crippen LogP contribution in [-0.2, 0) is 28.9 Å². The van der Waals surface area contributed by atoms with Crippen molar-refractivity contribution in [3.05, 3.63) is 105 Å². The fourth-order valence-electron chi connectivity index (χ4n) is 5.92. The number of benzene rings is 3. The first-order valence-electron chi connectivity index (χ1n) is 11.6. The molecule has 37 heavy (non-hydrogen) atoms. The van der Waals surface area contributed by atoms with Crippen LogP contribution >= 0.6 is 39.1 Å². The molecule has 7 rings (SSSR count). The zero-order valence-electron chi connectivity index (χ0n) is 19.1. The van der Waals surface area contributed by atoms with Crippen molar-refractivity contribution in [2.45, 2.75) is 9.75 Å². The predicted molar refractivity (Wildman–Crippen MR) is 139 cm³/mol. The van der Waals surface area contributed by atoms with Gasteiger partial charge in [0, 0.05) is 10.0 Å². The lowest BCUT2D eigenvalue weighted by molar-refractivity contribution is -0.152. The van der Waals surface area contributed by atoms with E-state index in [2.05, 4.69) is 15.9 Å². The number of likely N-dealkylation sites (tertiary alicyclic amines) is 1. The van der Waals surface area contributed by atoms with Gasteiger partial charge in [0.15, 0.2) is 12.4 Å². The van der Waals surface area contributed by atoms with Gasteiger partial charge in [0.05, 0.1) is 11.8 Å². The highest BCUT2D eigenvalue weighted by Gasteiger charge is 2.73. The van der Waals surface area contributed by atoms with Gasteiger partial charge in [-0.2, -0.15) is 0 Å². The normalized spacial score (nSPS) is 26.9. The summed E-state index contributed by atoms with van der Waals surface area (Å²) in [4.78, 5) is 50.7. The third kappa shape index (κ3) is 3.30. The van der Waals surface area contributed by atoms with Gasteiger partial charge in [0.2, 0.25) is 11.8 Å². The van der Waals surface area contributed by atoms with Crippen LogP contribution in [0.15, 0.2) is 77.3 Å². The van der Waals surface area contributed by atoms with Crippen LogP contribution in [0.4, 0.5) is 0 Å². The van der Waals surface area contributed by atoms with Gasteiger partial charge in [0.25, 0.3) is 0 Å². The van der Waals surface area contributed by atoms with Crippen LogP contribution in [0.25, 0.3) is 0 Å². The van der Waals surface area contributed by atoms with E-state index < -0.39 is 58.3 Å². The maximum Gasteiger partial charge on any atom is 0.326 e. The van der Waals surface area contributed by atoms with Crippen molar-refractivity contribution in [1.29, 1.82) is 0 Å². The number of imide groups is 1. The van der Waals surface area contributed by atoms with E-state index in [4.69, 9.17) is 27.9 Å². The number of Topliss-reactive ketones (excluding diaryl/α,β-unsaturated/α-hetero) is 1. The summed E-state index contributed by atoms with van der Waals surface area (Å²) in [5.74, 6) is -4.45. The van der Waals surface area contributed by atoms with E-state index in [-0.39, 0.29) is 0 Å². The number of carbonyl (C=O) groups is 4. The summed E-state index contributed by atoms with van der Waals surface area (Å²) in [5.41, 5.74) is 3.08. The number of alkyl halides is 2. The molecule has 4 aliphatic rings. The summed E-state index contributed by atoms with van der Waals surface area (Å²) in [6.07, 6.45) is 0. The molecule has 1 aliphatic heterocycles. The summed E-state index contributed by atoms with van der Waals surface area (Å²) < 4.78 is 5.94.